The van der Waals surface area contributed by atoms with Crippen molar-refractivity contribution < 1.29 is 8.42 Å². The van der Waals surface area contributed by atoms with Crippen LogP contribution in [-0.2, 0) is 15.8 Å². The largest absolute Gasteiger partial charge is 0.337 e. The summed E-state index contributed by atoms with van der Waals surface area (Å²) in [6, 6.07) is 21.3. The first-order chi connectivity index (χ1) is 15.1. The van der Waals surface area contributed by atoms with Gasteiger partial charge in [-0.2, -0.15) is 0 Å². The second-order valence-electron chi connectivity index (χ2n) is 7.26. The highest BCUT2D eigenvalue weighted by Gasteiger charge is 2.16. The average molecular weight is 433 g/mol. The zero-order valence-corrected chi connectivity index (χ0v) is 18.1. The van der Waals surface area contributed by atoms with Crippen molar-refractivity contribution in [2.24, 2.45) is 0 Å². The summed E-state index contributed by atoms with van der Waals surface area (Å²) in [6.45, 7) is 2.39. The minimum atomic E-state index is -3.34. The third-order valence-corrected chi connectivity index (χ3v) is 6.23. The Hall–Kier alpha value is -3.29. The standard InChI is InChI=1S/C24H24N4O2S/c1-2-14-26-31(29,30)17-18-8-10-19(11-9-18)22-23(20-12-15-25-16-13-20)28-24(27-22)21-6-4-3-5-7-21/h3-13,15-16,26H,2,14,17H2,1H3,(H,27,28). The van der Waals surface area contributed by atoms with Crippen molar-refractivity contribution in [2.45, 2.75) is 19.1 Å². The first-order valence-electron chi connectivity index (χ1n) is 10.2. The molecule has 0 bridgehead atoms. The maximum atomic E-state index is 12.2. The Morgan fingerprint density at radius 3 is 2.26 bits per heavy atom. The summed E-state index contributed by atoms with van der Waals surface area (Å²) in [7, 11) is -3.34. The Labute approximate surface area is 182 Å². The highest BCUT2D eigenvalue weighted by molar-refractivity contribution is 7.88. The van der Waals surface area contributed by atoms with Crippen LogP contribution in [0.3, 0.4) is 0 Å². The zero-order valence-electron chi connectivity index (χ0n) is 17.2. The first-order valence-corrected chi connectivity index (χ1v) is 11.8. The molecule has 0 aliphatic heterocycles. The highest BCUT2D eigenvalue weighted by atomic mass is 32.2. The van der Waals surface area contributed by atoms with Crippen LogP contribution in [0.5, 0.6) is 0 Å². The van der Waals surface area contributed by atoms with E-state index in [0.717, 1.165) is 45.9 Å². The summed E-state index contributed by atoms with van der Waals surface area (Å²) in [4.78, 5) is 12.4. The molecule has 0 spiro atoms. The highest BCUT2D eigenvalue weighted by Crippen LogP contribution is 2.33. The molecular formula is C24H24N4O2S. The summed E-state index contributed by atoms with van der Waals surface area (Å²) >= 11 is 0. The van der Waals surface area contributed by atoms with Crippen LogP contribution in [0.2, 0.25) is 0 Å². The lowest BCUT2D eigenvalue weighted by atomic mass is 10.0. The van der Waals surface area contributed by atoms with Crippen molar-refractivity contribution in [3.63, 3.8) is 0 Å². The Morgan fingerprint density at radius 2 is 1.58 bits per heavy atom. The normalized spacial score (nSPS) is 11.5. The van der Waals surface area contributed by atoms with E-state index < -0.39 is 10.0 Å². The molecule has 4 aromatic rings. The third-order valence-electron chi connectivity index (χ3n) is 4.88. The number of pyridine rings is 1. The van der Waals surface area contributed by atoms with E-state index in [1.54, 1.807) is 12.4 Å². The van der Waals surface area contributed by atoms with Crippen LogP contribution in [0.4, 0.5) is 0 Å². The molecule has 4 rings (SSSR count). The Balaban J connectivity index is 1.69. The number of benzene rings is 2. The minimum absolute atomic E-state index is 0.0413. The average Bonchev–Trinajstić information content (AvgIpc) is 3.25. The number of H-pyrrole nitrogens is 1. The fourth-order valence-electron chi connectivity index (χ4n) is 3.33. The van der Waals surface area contributed by atoms with E-state index in [9.17, 15) is 8.42 Å². The van der Waals surface area contributed by atoms with Crippen molar-refractivity contribution in [3.8, 4) is 33.9 Å². The molecule has 0 aliphatic carbocycles. The Bertz CT molecular complexity index is 1240. The van der Waals surface area contributed by atoms with Gasteiger partial charge in [0.25, 0.3) is 0 Å². The second-order valence-corrected chi connectivity index (χ2v) is 9.07. The number of sulfonamides is 1. The van der Waals surface area contributed by atoms with Crippen LogP contribution in [0.25, 0.3) is 33.9 Å². The van der Waals surface area contributed by atoms with E-state index >= 15 is 0 Å². The molecule has 7 heteroatoms. The molecule has 0 amide bonds. The van der Waals surface area contributed by atoms with E-state index in [0.29, 0.717) is 6.54 Å². The molecule has 158 valence electrons. The molecule has 2 heterocycles. The lowest BCUT2D eigenvalue weighted by Crippen LogP contribution is -2.25. The van der Waals surface area contributed by atoms with Gasteiger partial charge in [-0.25, -0.2) is 18.1 Å². The smallest absolute Gasteiger partial charge is 0.215 e. The van der Waals surface area contributed by atoms with Crippen LogP contribution in [-0.4, -0.2) is 29.9 Å². The minimum Gasteiger partial charge on any atom is -0.337 e. The van der Waals surface area contributed by atoms with E-state index in [-0.39, 0.29) is 5.75 Å². The lowest BCUT2D eigenvalue weighted by molar-refractivity contribution is 0.580. The maximum Gasteiger partial charge on any atom is 0.215 e. The van der Waals surface area contributed by atoms with Gasteiger partial charge in [0.05, 0.1) is 17.1 Å². The van der Waals surface area contributed by atoms with Crippen molar-refractivity contribution in [2.75, 3.05) is 6.54 Å². The fourth-order valence-corrected chi connectivity index (χ4v) is 4.58. The van der Waals surface area contributed by atoms with Gasteiger partial charge in [0.1, 0.15) is 5.82 Å². The van der Waals surface area contributed by atoms with Crippen LogP contribution < -0.4 is 4.72 Å². The molecule has 31 heavy (non-hydrogen) atoms. The monoisotopic (exact) mass is 432 g/mol. The van der Waals surface area contributed by atoms with Gasteiger partial charge in [-0.05, 0) is 24.1 Å². The maximum absolute atomic E-state index is 12.2. The van der Waals surface area contributed by atoms with E-state index in [1.165, 1.54) is 0 Å². The van der Waals surface area contributed by atoms with Crippen LogP contribution in [0, 0.1) is 0 Å². The van der Waals surface area contributed by atoms with Gasteiger partial charge in [0, 0.05) is 35.6 Å². The molecule has 0 radical (unpaired) electrons. The molecule has 0 fully saturated rings. The number of aromatic amines is 1. The van der Waals surface area contributed by atoms with Gasteiger partial charge in [0.15, 0.2) is 0 Å². The summed E-state index contributed by atoms with van der Waals surface area (Å²) in [5, 5.41) is 0. The lowest BCUT2D eigenvalue weighted by Gasteiger charge is -2.07. The Kier molecular flexibility index (Phi) is 6.25. The molecular weight excluding hydrogens is 408 g/mol. The number of hydrogen-bond acceptors (Lipinski definition) is 4. The summed E-state index contributed by atoms with van der Waals surface area (Å²) in [5.74, 6) is 0.734. The molecule has 0 saturated carbocycles. The summed E-state index contributed by atoms with van der Waals surface area (Å²) < 4.78 is 27.0. The fraction of sp³-hybridized carbons (Fsp3) is 0.167. The third kappa shape index (κ3) is 5.07. The number of nitrogens with zero attached hydrogens (tertiary/aromatic N) is 2. The number of aromatic nitrogens is 3. The van der Waals surface area contributed by atoms with Gasteiger partial charge in [-0.15, -0.1) is 0 Å². The Morgan fingerprint density at radius 1 is 0.871 bits per heavy atom. The van der Waals surface area contributed by atoms with Crippen molar-refractivity contribution in [1.82, 2.24) is 19.7 Å². The number of imidazole rings is 1. The SMILES string of the molecule is CCCNS(=O)(=O)Cc1ccc(-c2nc(-c3ccccc3)[nH]c2-c2ccncc2)cc1. The van der Waals surface area contributed by atoms with Crippen molar-refractivity contribution in [3.05, 3.63) is 84.7 Å². The van der Waals surface area contributed by atoms with Crippen molar-refractivity contribution in [1.29, 1.82) is 0 Å². The summed E-state index contributed by atoms with van der Waals surface area (Å²) in [5.41, 5.74) is 5.32. The number of rotatable bonds is 8. The molecule has 0 saturated heterocycles. The van der Waals surface area contributed by atoms with Gasteiger partial charge >= 0.3 is 0 Å². The molecule has 2 aromatic carbocycles. The molecule has 2 aromatic heterocycles. The quantitative estimate of drug-likeness (QED) is 0.425. The van der Waals surface area contributed by atoms with E-state index in [1.807, 2.05) is 73.7 Å². The van der Waals surface area contributed by atoms with Gasteiger partial charge < -0.3 is 4.98 Å². The molecule has 0 aliphatic rings. The molecule has 6 nitrogen and oxygen atoms in total. The second kappa shape index (κ2) is 9.24. The van der Waals surface area contributed by atoms with E-state index in [2.05, 4.69) is 14.7 Å². The van der Waals surface area contributed by atoms with Gasteiger partial charge in [-0.3, -0.25) is 4.98 Å². The predicted molar refractivity (Wildman–Crippen MR) is 124 cm³/mol. The van der Waals surface area contributed by atoms with Gasteiger partial charge in [-0.1, -0.05) is 61.5 Å². The predicted octanol–water partition coefficient (Wildman–Crippen LogP) is 4.64. The summed E-state index contributed by atoms with van der Waals surface area (Å²) in [6.07, 6.45) is 4.26. The number of nitrogens with one attached hydrogen (secondary N) is 2. The van der Waals surface area contributed by atoms with Crippen LogP contribution >= 0.6 is 0 Å². The first kappa shape index (κ1) is 21.0. The zero-order chi connectivity index (χ0) is 21.7. The van der Waals surface area contributed by atoms with E-state index in [4.69, 9.17) is 4.98 Å². The molecule has 2 N–H and O–H groups in total. The topological polar surface area (TPSA) is 87.7 Å². The van der Waals surface area contributed by atoms with Crippen molar-refractivity contribution >= 4 is 10.0 Å². The molecule has 0 atom stereocenters. The molecule has 0 unspecified atom stereocenters. The number of hydrogen-bond donors (Lipinski definition) is 2. The van der Waals surface area contributed by atoms with Crippen LogP contribution in [0.15, 0.2) is 79.1 Å². The van der Waals surface area contributed by atoms with Crippen LogP contribution in [0.1, 0.15) is 18.9 Å². The van der Waals surface area contributed by atoms with Gasteiger partial charge in [0.2, 0.25) is 10.0 Å².